The third-order valence-corrected chi connectivity index (χ3v) is 2.91. The highest BCUT2D eigenvalue weighted by Gasteiger charge is 2.42. The van der Waals surface area contributed by atoms with Crippen molar-refractivity contribution in [2.45, 2.75) is 10.2 Å². The molecule has 70 valence electrons. The van der Waals surface area contributed by atoms with Gasteiger partial charge in [0.05, 0.1) is 0 Å². The highest BCUT2D eigenvalue weighted by atomic mass is 35.5. The van der Waals surface area contributed by atoms with Gasteiger partial charge in [-0.15, -0.1) is 20.5 Å². The van der Waals surface area contributed by atoms with Gasteiger partial charge >= 0.3 is 0 Å². The quantitative estimate of drug-likeness (QED) is 0.549. The highest BCUT2D eigenvalue weighted by molar-refractivity contribution is 6.25. The highest BCUT2D eigenvalue weighted by Crippen LogP contribution is 2.46. The molecule has 3 rings (SSSR count). The van der Waals surface area contributed by atoms with E-state index in [0.29, 0.717) is 0 Å². The Kier molecular flexibility index (Phi) is 1.38. The van der Waals surface area contributed by atoms with E-state index >= 15 is 0 Å². The number of nitrogens with zero attached hydrogens (tertiary/aromatic N) is 4. The van der Waals surface area contributed by atoms with E-state index in [-0.39, 0.29) is 0 Å². The van der Waals surface area contributed by atoms with Gasteiger partial charge in [0.15, 0.2) is 0 Å². The zero-order valence-corrected chi connectivity index (χ0v) is 8.37. The molecule has 0 spiro atoms. The van der Waals surface area contributed by atoms with Crippen LogP contribution in [0.1, 0.15) is 11.1 Å². The summed E-state index contributed by atoms with van der Waals surface area (Å²) in [6.07, 6.45) is 0. The Bertz CT molecular complexity index is 396. The monoisotopic (exact) mass is 226 g/mol. The Morgan fingerprint density at radius 3 is 1.21 bits per heavy atom. The van der Waals surface area contributed by atoms with Gasteiger partial charge in [-0.2, -0.15) is 0 Å². The third kappa shape index (κ3) is 1.14. The largest absolute Gasteiger partial charge is 0.289 e. The topological polar surface area (TPSA) is 49.4 Å². The number of benzene rings is 1. The molecule has 0 fully saturated rings. The molecule has 0 atom stereocenters. The normalized spacial score (nSPS) is 23.6. The number of halogens is 2. The van der Waals surface area contributed by atoms with Crippen LogP contribution in [-0.4, -0.2) is 0 Å². The molecule has 0 unspecified atom stereocenters. The van der Waals surface area contributed by atoms with E-state index in [1.54, 1.807) is 0 Å². The van der Waals surface area contributed by atoms with Crippen LogP contribution in [0.25, 0.3) is 0 Å². The molecule has 0 radical (unpaired) electrons. The molecule has 0 N–H and O–H groups in total. The minimum absolute atomic E-state index is 0.837. The van der Waals surface area contributed by atoms with Gasteiger partial charge in [-0.3, -0.25) is 0 Å². The maximum absolute atomic E-state index is 5.94. The van der Waals surface area contributed by atoms with E-state index in [9.17, 15) is 0 Å². The Balaban J connectivity index is 1.91. The first kappa shape index (κ1) is 8.32. The lowest BCUT2D eigenvalue weighted by molar-refractivity contribution is 0.912. The number of hydrogen-bond acceptors (Lipinski definition) is 4. The lowest BCUT2D eigenvalue weighted by Gasteiger charge is -2.05. The van der Waals surface area contributed by atoms with Crippen molar-refractivity contribution >= 4 is 23.2 Å². The molecule has 1 aromatic carbocycles. The zero-order valence-electron chi connectivity index (χ0n) is 6.85. The lowest BCUT2D eigenvalue weighted by atomic mass is 10.1. The summed E-state index contributed by atoms with van der Waals surface area (Å²) in [6.45, 7) is 0. The van der Waals surface area contributed by atoms with Crippen molar-refractivity contribution in [3.63, 3.8) is 0 Å². The van der Waals surface area contributed by atoms with Crippen LogP contribution in [0.15, 0.2) is 44.7 Å². The molecule has 1 aromatic rings. The van der Waals surface area contributed by atoms with Gasteiger partial charge in [0.2, 0.25) is 0 Å². The first-order chi connectivity index (χ1) is 6.62. The van der Waals surface area contributed by atoms with E-state index in [4.69, 9.17) is 23.2 Å². The average Bonchev–Trinajstić information content (AvgIpc) is 3.08. The zero-order chi connectivity index (χ0) is 9.81. The summed E-state index contributed by atoms with van der Waals surface area (Å²) in [6, 6.07) is 7.32. The van der Waals surface area contributed by atoms with E-state index in [0.717, 1.165) is 11.1 Å². The molecular weight excluding hydrogens is 223 g/mol. The molecule has 0 aliphatic carbocycles. The van der Waals surface area contributed by atoms with Crippen LogP contribution in [0.4, 0.5) is 0 Å². The fourth-order valence-corrected chi connectivity index (χ4v) is 1.54. The second kappa shape index (κ2) is 2.32. The lowest BCUT2D eigenvalue weighted by Crippen LogP contribution is -2.01. The second-order valence-corrected chi connectivity index (χ2v) is 4.21. The molecule has 0 saturated carbocycles. The Labute approximate surface area is 89.6 Å². The predicted molar refractivity (Wildman–Crippen MR) is 51.2 cm³/mol. The molecule has 0 aromatic heterocycles. The van der Waals surface area contributed by atoms with Crippen molar-refractivity contribution in [1.29, 1.82) is 0 Å². The SMILES string of the molecule is ClC1(c2ccc(C3(Cl)N=N3)cc2)N=N1. The van der Waals surface area contributed by atoms with Crippen LogP contribution in [-0.2, 0) is 10.2 Å². The molecule has 2 heterocycles. The number of hydrogen-bond donors (Lipinski definition) is 0. The summed E-state index contributed by atoms with van der Waals surface area (Å²) in [7, 11) is 0. The van der Waals surface area contributed by atoms with Gasteiger partial charge in [0.25, 0.3) is 10.2 Å². The summed E-state index contributed by atoms with van der Waals surface area (Å²) in [4.78, 5) is 0. The van der Waals surface area contributed by atoms with Crippen LogP contribution in [0.5, 0.6) is 0 Å². The predicted octanol–water partition coefficient (Wildman–Crippen LogP) is 3.32. The van der Waals surface area contributed by atoms with Gasteiger partial charge in [-0.05, 0) is 0 Å². The molecule has 0 bridgehead atoms. The van der Waals surface area contributed by atoms with Crippen LogP contribution in [0.2, 0.25) is 0 Å². The standard InChI is InChI=1S/C8H4Cl2N4/c9-7(11-12-7)5-1-2-6(4-3-5)8(10)13-14-8/h1-4H. The van der Waals surface area contributed by atoms with Gasteiger partial charge in [-0.1, -0.05) is 47.5 Å². The third-order valence-electron chi connectivity index (χ3n) is 2.17. The number of rotatable bonds is 2. The smallest absolute Gasteiger partial charge is 0.135 e. The van der Waals surface area contributed by atoms with Crippen molar-refractivity contribution in [3.8, 4) is 0 Å². The first-order valence-electron chi connectivity index (χ1n) is 3.99. The maximum Gasteiger partial charge on any atom is 0.289 e. The fraction of sp³-hybridized carbons (Fsp3) is 0.250. The van der Waals surface area contributed by atoms with E-state index in [1.165, 1.54) is 0 Å². The summed E-state index contributed by atoms with van der Waals surface area (Å²) >= 11 is 11.9. The van der Waals surface area contributed by atoms with Crippen molar-refractivity contribution in [3.05, 3.63) is 35.4 Å². The molecule has 2 aliphatic rings. The molecule has 0 saturated heterocycles. The molecule has 2 aliphatic heterocycles. The Morgan fingerprint density at radius 1 is 0.714 bits per heavy atom. The van der Waals surface area contributed by atoms with Crippen LogP contribution in [0, 0.1) is 0 Å². The average molecular weight is 227 g/mol. The van der Waals surface area contributed by atoms with Crippen molar-refractivity contribution in [2.75, 3.05) is 0 Å². The first-order valence-corrected chi connectivity index (χ1v) is 4.75. The summed E-state index contributed by atoms with van der Waals surface area (Å²) in [5.41, 5.74) is 1.67. The Hall–Kier alpha value is -1.00. The minimum atomic E-state index is -0.851. The molecule has 6 heteroatoms. The summed E-state index contributed by atoms with van der Waals surface area (Å²) in [5, 5.41) is 13.2. The van der Waals surface area contributed by atoms with Gasteiger partial charge in [0, 0.05) is 11.1 Å². The van der Waals surface area contributed by atoms with Gasteiger partial charge in [0.1, 0.15) is 0 Å². The number of alkyl halides is 2. The van der Waals surface area contributed by atoms with E-state index in [1.807, 2.05) is 24.3 Å². The maximum atomic E-state index is 5.94. The summed E-state index contributed by atoms with van der Waals surface area (Å²) < 4.78 is 0. The van der Waals surface area contributed by atoms with E-state index in [2.05, 4.69) is 20.5 Å². The van der Waals surface area contributed by atoms with Crippen LogP contribution >= 0.6 is 23.2 Å². The van der Waals surface area contributed by atoms with Crippen molar-refractivity contribution in [2.24, 2.45) is 20.5 Å². The fourth-order valence-electron chi connectivity index (χ4n) is 1.21. The minimum Gasteiger partial charge on any atom is -0.135 e. The van der Waals surface area contributed by atoms with Crippen molar-refractivity contribution in [1.82, 2.24) is 0 Å². The summed E-state index contributed by atoms with van der Waals surface area (Å²) in [5.74, 6) is 0. The molecular formula is C8H4Cl2N4. The van der Waals surface area contributed by atoms with Gasteiger partial charge in [-0.25, -0.2) is 0 Å². The van der Waals surface area contributed by atoms with Crippen LogP contribution < -0.4 is 0 Å². The molecule has 4 nitrogen and oxygen atoms in total. The van der Waals surface area contributed by atoms with Crippen molar-refractivity contribution < 1.29 is 0 Å². The molecule has 0 amide bonds. The Morgan fingerprint density at radius 2 is 1.00 bits per heavy atom. The molecule has 14 heavy (non-hydrogen) atoms. The second-order valence-electron chi connectivity index (χ2n) is 3.15. The van der Waals surface area contributed by atoms with E-state index < -0.39 is 10.2 Å². The van der Waals surface area contributed by atoms with Gasteiger partial charge < -0.3 is 0 Å². The van der Waals surface area contributed by atoms with Crippen LogP contribution in [0.3, 0.4) is 0 Å².